The van der Waals surface area contributed by atoms with Crippen molar-refractivity contribution in [2.24, 2.45) is 0 Å². The van der Waals surface area contributed by atoms with Gasteiger partial charge in [-0.2, -0.15) is 0 Å². The Kier molecular flexibility index (Phi) is 10.7. The summed E-state index contributed by atoms with van der Waals surface area (Å²) in [4.78, 5) is 29.3. The first-order valence-corrected chi connectivity index (χ1v) is 15.8. The van der Waals surface area contributed by atoms with Crippen molar-refractivity contribution in [3.05, 3.63) is 154 Å². The van der Waals surface area contributed by atoms with Crippen LogP contribution in [0, 0.1) is 13.8 Å². The van der Waals surface area contributed by atoms with E-state index in [9.17, 15) is 9.59 Å². The van der Waals surface area contributed by atoms with Crippen LogP contribution >= 0.6 is 0 Å². The van der Waals surface area contributed by atoms with Gasteiger partial charge in [0, 0.05) is 48.7 Å². The first-order valence-electron chi connectivity index (χ1n) is 15.8. The van der Waals surface area contributed by atoms with E-state index in [4.69, 9.17) is 4.74 Å². The molecule has 7 nitrogen and oxygen atoms in total. The number of fused-ring (bicyclic) bond motifs is 2. The Labute approximate surface area is 284 Å². The highest BCUT2D eigenvalue weighted by atomic mass is 16.5. The number of nitrogens with zero attached hydrogens (tertiary/aromatic N) is 2. The molecule has 0 unspecified atom stereocenters. The first-order chi connectivity index (χ1) is 22.7. The summed E-state index contributed by atoms with van der Waals surface area (Å²) in [5, 5.41) is 5.89. The maximum absolute atomic E-state index is 12.5. The molecule has 0 radical (unpaired) electrons. The van der Waals surface area contributed by atoms with E-state index in [1.54, 1.807) is 0 Å². The number of carbonyl (C=O) groups is 2. The molecule has 7 rings (SSSR count). The second-order valence-electron chi connectivity index (χ2n) is 12.5. The fourth-order valence-electron chi connectivity index (χ4n) is 5.80. The molecule has 2 aliphatic heterocycles. The third kappa shape index (κ3) is 8.56. The van der Waals surface area contributed by atoms with Crippen LogP contribution in [0.25, 0.3) is 0 Å². The van der Waals surface area contributed by atoms with Crippen LogP contribution in [0.1, 0.15) is 61.5 Å². The van der Waals surface area contributed by atoms with Crippen molar-refractivity contribution in [3.63, 3.8) is 0 Å². The molecule has 0 bridgehead atoms. The minimum absolute atomic E-state index is 0. The molecule has 2 aliphatic rings. The monoisotopic (exact) mass is 640 g/mol. The molecule has 2 heterocycles. The van der Waals surface area contributed by atoms with Gasteiger partial charge in [-0.3, -0.25) is 19.4 Å². The standard InChI is InChI=1S/C23H22N2O2.C17H18N2O.CH4/c1-16-3-9-21(10-4-16)27-22-11-7-20(8-12-22)24-23(26)17-5-6-18-14-25(2)15-19(18)13-17;1-12-3-7-16(8-4-12)18-17(20)13-5-6-14-10-19(2)11-15(14)9-13;/h3-13H,14-15H2,1-2H3,(H,24,26);3-9H,10-11H2,1-2H3,(H,18,20);1H4. The number of rotatable bonds is 6. The number of ether oxygens (including phenoxy) is 1. The second kappa shape index (κ2) is 15.1. The maximum Gasteiger partial charge on any atom is 0.255 e. The number of hydrogen-bond donors (Lipinski definition) is 2. The van der Waals surface area contributed by atoms with Crippen molar-refractivity contribution in [3.8, 4) is 11.5 Å². The summed E-state index contributed by atoms with van der Waals surface area (Å²) in [5.74, 6) is 1.38. The van der Waals surface area contributed by atoms with Gasteiger partial charge in [-0.1, -0.05) is 55.0 Å². The van der Waals surface area contributed by atoms with Crippen molar-refractivity contribution in [1.82, 2.24) is 9.80 Å². The molecule has 0 fully saturated rings. The summed E-state index contributed by atoms with van der Waals surface area (Å²) in [6.07, 6.45) is 0. The minimum atomic E-state index is -0.0976. The lowest BCUT2D eigenvalue weighted by Gasteiger charge is -2.09. The minimum Gasteiger partial charge on any atom is -0.457 e. The molecule has 0 saturated heterocycles. The van der Waals surface area contributed by atoms with E-state index >= 15 is 0 Å². The Balaban J connectivity index is 0.000000192. The molecule has 0 aromatic heterocycles. The molecule has 0 saturated carbocycles. The van der Waals surface area contributed by atoms with Gasteiger partial charge in [-0.05, 0) is 123 Å². The Hall–Kier alpha value is -5.24. The highest BCUT2D eigenvalue weighted by Crippen LogP contribution is 2.26. The van der Waals surface area contributed by atoms with Gasteiger partial charge in [-0.15, -0.1) is 0 Å². The number of hydrogen-bond acceptors (Lipinski definition) is 5. The van der Waals surface area contributed by atoms with E-state index in [0.717, 1.165) is 54.6 Å². The van der Waals surface area contributed by atoms with Gasteiger partial charge in [0.05, 0.1) is 0 Å². The summed E-state index contributed by atoms with van der Waals surface area (Å²) < 4.78 is 5.82. The number of nitrogens with one attached hydrogen (secondary N) is 2. The summed E-state index contributed by atoms with van der Waals surface area (Å²) in [6, 6.07) is 35.0. The van der Waals surface area contributed by atoms with Gasteiger partial charge in [-0.25, -0.2) is 0 Å². The van der Waals surface area contributed by atoms with Gasteiger partial charge in [0.25, 0.3) is 11.8 Å². The molecule has 2 N–H and O–H groups in total. The van der Waals surface area contributed by atoms with Crippen molar-refractivity contribution < 1.29 is 14.3 Å². The molecular formula is C41H44N4O3. The number of aryl methyl sites for hydroxylation is 2. The van der Waals surface area contributed by atoms with Gasteiger partial charge >= 0.3 is 0 Å². The number of anilines is 2. The maximum atomic E-state index is 12.5. The number of carbonyl (C=O) groups excluding carboxylic acids is 2. The summed E-state index contributed by atoms with van der Waals surface area (Å²) >= 11 is 0. The second-order valence-corrected chi connectivity index (χ2v) is 12.5. The van der Waals surface area contributed by atoms with Crippen LogP contribution in [0.5, 0.6) is 11.5 Å². The normalized spacial score (nSPS) is 13.3. The van der Waals surface area contributed by atoms with Crippen LogP contribution in [0.3, 0.4) is 0 Å². The van der Waals surface area contributed by atoms with E-state index in [0.29, 0.717) is 5.56 Å². The molecule has 7 heteroatoms. The van der Waals surface area contributed by atoms with E-state index in [-0.39, 0.29) is 19.2 Å². The number of amides is 2. The zero-order valence-electron chi connectivity index (χ0n) is 27.3. The Morgan fingerprint density at radius 1 is 0.521 bits per heavy atom. The molecule has 0 aliphatic carbocycles. The summed E-state index contributed by atoms with van der Waals surface area (Å²) in [7, 11) is 4.17. The largest absolute Gasteiger partial charge is 0.457 e. The molecule has 0 spiro atoms. The fraction of sp³-hybridized carbons (Fsp3) is 0.220. The van der Waals surface area contributed by atoms with Gasteiger partial charge in [0.1, 0.15) is 11.5 Å². The zero-order chi connectivity index (χ0) is 32.9. The van der Waals surface area contributed by atoms with Crippen LogP contribution in [-0.4, -0.2) is 35.7 Å². The van der Waals surface area contributed by atoms with E-state index < -0.39 is 0 Å². The van der Waals surface area contributed by atoms with E-state index in [1.165, 1.54) is 33.4 Å². The van der Waals surface area contributed by atoms with Crippen LogP contribution in [-0.2, 0) is 26.2 Å². The molecule has 2 amide bonds. The highest BCUT2D eigenvalue weighted by molar-refractivity contribution is 6.05. The van der Waals surface area contributed by atoms with Crippen LogP contribution < -0.4 is 15.4 Å². The van der Waals surface area contributed by atoms with Crippen LogP contribution in [0.15, 0.2) is 109 Å². The van der Waals surface area contributed by atoms with E-state index in [1.807, 2.05) is 117 Å². The van der Waals surface area contributed by atoms with Crippen molar-refractivity contribution in [1.29, 1.82) is 0 Å². The Morgan fingerprint density at radius 3 is 1.31 bits per heavy atom. The third-order valence-electron chi connectivity index (χ3n) is 8.38. The van der Waals surface area contributed by atoms with Gasteiger partial charge in [0.2, 0.25) is 0 Å². The summed E-state index contributed by atoms with van der Waals surface area (Å²) in [6.45, 7) is 7.79. The van der Waals surface area contributed by atoms with Crippen LogP contribution in [0.2, 0.25) is 0 Å². The average Bonchev–Trinajstić information content (AvgIpc) is 3.63. The van der Waals surface area contributed by atoms with Crippen molar-refractivity contribution in [2.45, 2.75) is 47.5 Å². The molecule has 5 aromatic rings. The van der Waals surface area contributed by atoms with Crippen molar-refractivity contribution >= 4 is 23.2 Å². The molecule has 48 heavy (non-hydrogen) atoms. The topological polar surface area (TPSA) is 73.9 Å². The Bertz CT molecular complexity index is 1880. The van der Waals surface area contributed by atoms with Crippen molar-refractivity contribution in [2.75, 3.05) is 24.7 Å². The molecule has 0 atom stereocenters. The lowest BCUT2D eigenvalue weighted by atomic mass is 10.1. The first kappa shape index (κ1) is 34.1. The smallest absolute Gasteiger partial charge is 0.255 e. The predicted octanol–water partition coefficient (Wildman–Crippen LogP) is 8.81. The summed E-state index contributed by atoms with van der Waals surface area (Å²) in [5.41, 5.74) is 10.5. The van der Waals surface area contributed by atoms with Crippen LogP contribution in [0.4, 0.5) is 11.4 Å². The lowest BCUT2D eigenvalue weighted by molar-refractivity contribution is 0.101. The average molecular weight is 641 g/mol. The number of benzene rings is 5. The van der Waals surface area contributed by atoms with E-state index in [2.05, 4.69) is 40.6 Å². The third-order valence-corrected chi connectivity index (χ3v) is 8.38. The predicted molar refractivity (Wildman–Crippen MR) is 195 cm³/mol. The van der Waals surface area contributed by atoms with Gasteiger partial charge < -0.3 is 15.4 Å². The molecule has 5 aromatic carbocycles. The highest BCUT2D eigenvalue weighted by Gasteiger charge is 2.18. The van der Waals surface area contributed by atoms with Gasteiger partial charge in [0.15, 0.2) is 0 Å². The molecule has 246 valence electrons. The quantitative estimate of drug-likeness (QED) is 0.194. The Morgan fingerprint density at radius 2 is 0.875 bits per heavy atom. The SMILES string of the molecule is C.Cc1ccc(NC(=O)c2ccc3c(c2)CN(C)C3)cc1.Cc1ccc(Oc2ccc(NC(=O)c3ccc4c(c3)CN(C)C4)cc2)cc1. The lowest BCUT2D eigenvalue weighted by Crippen LogP contribution is -2.12. The zero-order valence-corrected chi connectivity index (χ0v) is 27.3. The fourth-order valence-corrected chi connectivity index (χ4v) is 5.80. The molecular weight excluding hydrogens is 596 g/mol.